The molecule has 0 unspecified atom stereocenters. The molecule has 1 aliphatic heterocycles. The molecule has 11 heavy (non-hydrogen) atoms. The maximum Gasteiger partial charge on any atom is 0.263 e. The van der Waals surface area contributed by atoms with E-state index < -0.39 is 0 Å². The van der Waals surface area contributed by atoms with E-state index >= 15 is 0 Å². The summed E-state index contributed by atoms with van der Waals surface area (Å²) in [5.74, 6) is -0.0477. The molecule has 0 bridgehead atoms. The third-order valence-corrected chi connectivity index (χ3v) is 2.47. The van der Waals surface area contributed by atoms with Gasteiger partial charge in [-0.1, -0.05) is 43.4 Å². The van der Waals surface area contributed by atoms with Gasteiger partial charge in [0.05, 0.1) is 4.91 Å². The van der Waals surface area contributed by atoms with Crippen LogP contribution in [0.15, 0.2) is 11.0 Å². The highest BCUT2D eigenvalue weighted by Gasteiger charge is 2.20. The van der Waals surface area contributed by atoms with Gasteiger partial charge in [-0.15, -0.1) is 0 Å². The van der Waals surface area contributed by atoms with E-state index in [0.29, 0.717) is 4.32 Å². The first-order valence-electron chi connectivity index (χ1n) is 3.47. The van der Waals surface area contributed by atoms with Gasteiger partial charge in [0.1, 0.15) is 4.32 Å². The molecule has 60 valence electrons. The lowest BCUT2D eigenvalue weighted by Gasteiger charge is -1.88. The molecule has 0 aliphatic carbocycles. The molecule has 1 fully saturated rings. The number of amides is 1. The van der Waals surface area contributed by atoms with Gasteiger partial charge >= 0.3 is 0 Å². The van der Waals surface area contributed by atoms with Gasteiger partial charge in [-0.2, -0.15) is 0 Å². The summed E-state index contributed by atoms with van der Waals surface area (Å²) in [5, 5.41) is 2.56. The van der Waals surface area contributed by atoms with E-state index in [1.165, 1.54) is 11.8 Å². The second-order valence-corrected chi connectivity index (χ2v) is 3.92. The molecule has 4 heteroatoms. The molecule has 1 rings (SSSR count). The summed E-state index contributed by atoms with van der Waals surface area (Å²) < 4.78 is 0.567. The van der Waals surface area contributed by atoms with E-state index in [-0.39, 0.29) is 5.91 Å². The van der Waals surface area contributed by atoms with Gasteiger partial charge in [-0.05, 0) is 6.42 Å². The minimum absolute atomic E-state index is 0.0477. The summed E-state index contributed by atoms with van der Waals surface area (Å²) in [6, 6.07) is 0. The van der Waals surface area contributed by atoms with Gasteiger partial charge in [0.15, 0.2) is 0 Å². The lowest BCUT2D eigenvalue weighted by Crippen LogP contribution is -2.17. The Bertz CT molecular complexity index is 222. The van der Waals surface area contributed by atoms with Crippen molar-refractivity contribution in [3.63, 3.8) is 0 Å². The summed E-state index contributed by atoms with van der Waals surface area (Å²) in [6.07, 6.45) is 3.93. The smallest absolute Gasteiger partial charge is 0.263 e. The minimum Gasteiger partial charge on any atom is -0.307 e. The Balaban J connectivity index is 2.59. The largest absolute Gasteiger partial charge is 0.307 e. The van der Waals surface area contributed by atoms with Crippen LogP contribution in [0.2, 0.25) is 0 Å². The average Bonchev–Trinajstić information content (AvgIpc) is 2.26. The van der Waals surface area contributed by atoms with E-state index in [0.717, 1.165) is 17.7 Å². The number of hydrogen-bond donors (Lipinski definition) is 1. The number of carbonyl (C=O) groups excluding carboxylic acids is 1. The summed E-state index contributed by atoms with van der Waals surface area (Å²) in [4.78, 5) is 11.7. The van der Waals surface area contributed by atoms with Gasteiger partial charge in [0.25, 0.3) is 5.91 Å². The number of nitrogens with one attached hydrogen (secondary N) is 1. The van der Waals surface area contributed by atoms with Crippen LogP contribution in [-0.4, -0.2) is 10.2 Å². The Morgan fingerprint density at radius 2 is 2.45 bits per heavy atom. The fourth-order valence-corrected chi connectivity index (χ4v) is 1.79. The molecule has 2 nitrogen and oxygen atoms in total. The predicted molar refractivity (Wildman–Crippen MR) is 51.3 cm³/mol. The molecule has 1 heterocycles. The van der Waals surface area contributed by atoms with Gasteiger partial charge in [0.2, 0.25) is 0 Å². The van der Waals surface area contributed by atoms with Gasteiger partial charge in [0, 0.05) is 0 Å². The molecule has 0 saturated carbocycles. The minimum atomic E-state index is -0.0477. The lowest BCUT2D eigenvalue weighted by atomic mass is 10.3. The normalized spacial score (nSPS) is 21.0. The highest BCUT2D eigenvalue weighted by Crippen LogP contribution is 2.23. The van der Waals surface area contributed by atoms with E-state index in [2.05, 4.69) is 12.2 Å². The number of thiocarbonyl (C=S) groups is 1. The third kappa shape index (κ3) is 2.31. The molecule has 1 N–H and O–H groups in total. The molecule has 0 atom stereocenters. The van der Waals surface area contributed by atoms with Crippen LogP contribution in [0.3, 0.4) is 0 Å². The molecule has 1 saturated heterocycles. The van der Waals surface area contributed by atoms with Crippen molar-refractivity contribution in [2.24, 2.45) is 0 Å². The summed E-state index contributed by atoms with van der Waals surface area (Å²) >= 11 is 6.16. The highest BCUT2D eigenvalue weighted by molar-refractivity contribution is 8.26. The quantitative estimate of drug-likeness (QED) is 0.528. The summed E-state index contributed by atoms with van der Waals surface area (Å²) in [7, 11) is 0. The molecule has 0 spiro atoms. The van der Waals surface area contributed by atoms with Crippen molar-refractivity contribution in [2.45, 2.75) is 19.8 Å². The number of hydrogen-bond acceptors (Lipinski definition) is 3. The molecular weight excluding hydrogens is 178 g/mol. The van der Waals surface area contributed by atoms with Crippen LogP contribution in [0.4, 0.5) is 0 Å². The fourth-order valence-electron chi connectivity index (χ4n) is 0.736. The molecule has 0 radical (unpaired) electrons. The van der Waals surface area contributed by atoms with Gasteiger partial charge in [-0.3, -0.25) is 4.79 Å². The summed E-state index contributed by atoms with van der Waals surface area (Å²) in [5.41, 5.74) is 0. The van der Waals surface area contributed by atoms with Crippen LogP contribution >= 0.6 is 24.0 Å². The summed E-state index contributed by atoms with van der Waals surface area (Å²) in [6.45, 7) is 2.08. The zero-order valence-corrected chi connectivity index (χ0v) is 7.85. The molecule has 1 aliphatic rings. The Labute approximate surface area is 75.4 Å². The lowest BCUT2D eigenvalue weighted by molar-refractivity contribution is -0.115. The second-order valence-electron chi connectivity index (χ2n) is 2.20. The van der Waals surface area contributed by atoms with E-state index in [1.54, 1.807) is 0 Å². The first-order chi connectivity index (χ1) is 5.24. The number of allylic oxidation sites excluding steroid dienone is 1. The maximum absolute atomic E-state index is 11.0. The van der Waals surface area contributed by atoms with Crippen LogP contribution in [0.1, 0.15) is 19.8 Å². The van der Waals surface area contributed by atoms with Crippen molar-refractivity contribution in [3.8, 4) is 0 Å². The number of unbranched alkanes of at least 4 members (excludes halogenated alkanes) is 1. The first kappa shape index (κ1) is 8.74. The maximum atomic E-state index is 11.0. The van der Waals surface area contributed by atoms with Crippen molar-refractivity contribution in [1.29, 1.82) is 0 Å². The Hall–Kier alpha value is -0.350. The predicted octanol–water partition coefficient (Wildman–Crippen LogP) is 1.82. The van der Waals surface area contributed by atoms with E-state index in [4.69, 9.17) is 12.2 Å². The average molecular weight is 187 g/mol. The van der Waals surface area contributed by atoms with Crippen LogP contribution in [0.25, 0.3) is 0 Å². The van der Waals surface area contributed by atoms with Crippen molar-refractivity contribution in [2.75, 3.05) is 0 Å². The molecule has 0 aromatic rings. The number of rotatable bonds is 2. The molecule has 1 amide bonds. The Morgan fingerprint density at radius 1 is 1.73 bits per heavy atom. The Kier molecular flexibility index (Phi) is 3.08. The second kappa shape index (κ2) is 3.88. The van der Waals surface area contributed by atoms with Crippen LogP contribution in [-0.2, 0) is 4.79 Å². The molecule has 0 aromatic heterocycles. The zero-order valence-electron chi connectivity index (χ0n) is 6.22. The van der Waals surface area contributed by atoms with Crippen molar-refractivity contribution in [3.05, 3.63) is 11.0 Å². The van der Waals surface area contributed by atoms with E-state index in [9.17, 15) is 4.79 Å². The van der Waals surface area contributed by atoms with Crippen LogP contribution < -0.4 is 5.32 Å². The first-order valence-corrected chi connectivity index (χ1v) is 4.70. The monoisotopic (exact) mass is 187 g/mol. The zero-order chi connectivity index (χ0) is 8.27. The third-order valence-electron chi connectivity index (χ3n) is 1.26. The van der Waals surface area contributed by atoms with Gasteiger partial charge in [-0.25, -0.2) is 0 Å². The topological polar surface area (TPSA) is 29.1 Å². The van der Waals surface area contributed by atoms with Crippen LogP contribution in [0, 0.1) is 0 Å². The molecular formula is C7H9NOS2. The highest BCUT2D eigenvalue weighted by atomic mass is 32.2. The number of thioether (sulfide) groups is 1. The Morgan fingerprint density at radius 3 is 2.91 bits per heavy atom. The molecule has 0 aromatic carbocycles. The van der Waals surface area contributed by atoms with Crippen molar-refractivity contribution >= 4 is 34.2 Å². The SMILES string of the molecule is CCC/C=C1/SC(=S)NC1=O. The standard InChI is InChI=1S/C7H9NOS2/c1-2-3-4-5-6(9)8-7(10)11-5/h4H,2-3H2,1H3,(H,8,9,10)/b5-4+. The van der Waals surface area contributed by atoms with Crippen LogP contribution in [0.5, 0.6) is 0 Å². The van der Waals surface area contributed by atoms with Crippen molar-refractivity contribution in [1.82, 2.24) is 5.32 Å². The fraction of sp³-hybridized carbons (Fsp3) is 0.429. The number of carbonyl (C=O) groups is 1. The van der Waals surface area contributed by atoms with Crippen molar-refractivity contribution < 1.29 is 4.79 Å². The van der Waals surface area contributed by atoms with Gasteiger partial charge < -0.3 is 5.32 Å². The van der Waals surface area contributed by atoms with E-state index in [1.807, 2.05) is 6.08 Å².